The van der Waals surface area contributed by atoms with Gasteiger partial charge >= 0.3 is 0 Å². The molecule has 1 aromatic rings. The highest BCUT2D eigenvalue weighted by atomic mass is 35.7. The van der Waals surface area contributed by atoms with Crippen molar-refractivity contribution < 1.29 is 17.9 Å². The predicted octanol–water partition coefficient (Wildman–Crippen LogP) is 2.99. The number of carbonyl (C=O) groups excluding carboxylic acids is 1. The second-order valence-corrected chi connectivity index (χ2v) is 7.29. The number of ether oxygens (including phenoxy) is 1. The first-order valence-corrected chi connectivity index (χ1v) is 8.72. The Bertz CT molecular complexity index is 661. The van der Waals surface area contributed by atoms with Crippen LogP contribution in [0.5, 0.6) is 5.75 Å². The van der Waals surface area contributed by atoms with Crippen LogP contribution in [0.1, 0.15) is 6.92 Å². The Labute approximate surface area is 137 Å². The highest BCUT2D eigenvalue weighted by Crippen LogP contribution is 2.35. The van der Waals surface area contributed by atoms with Crippen molar-refractivity contribution in [1.29, 1.82) is 0 Å². The number of rotatable bonds is 6. The summed E-state index contributed by atoms with van der Waals surface area (Å²) in [6, 6.07) is 2.26. The van der Waals surface area contributed by atoms with Gasteiger partial charge < -0.3 is 10.1 Å². The standard InChI is InChI=1S/C12H12Cl3NO4S/c1-3-4-16-12(17)7(2)20-10-5-9(14)11(6-8(10)13)21(15,18)19/h3,5-7H,1,4H2,2H3,(H,16,17). The molecule has 1 amide bonds. The minimum atomic E-state index is -4.02. The maximum Gasteiger partial charge on any atom is 0.262 e. The van der Waals surface area contributed by atoms with Gasteiger partial charge in [0.05, 0.1) is 10.0 Å². The molecule has 1 rings (SSSR count). The van der Waals surface area contributed by atoms with Crippen LogP contribution in [0.4, 0.5) is 0 Å². The topological polar surface area (TPSA) is 72.5 Å². The zero-order chi connectivity index (χ0) is 16.2. The van der Waals surface area contributed by atoms with E-state index in [9.17, 15) is 13.2 Å². The molecule has 0 heterocycles. The first kappa shape index (κ1) is 18.1. The molecule has 1 unspecified atom stereocenters. The fourth-order valence-corrected chi connectivity index (χ4v) is 3.13. The van der Waals surface area contributed by atoms with Crippen molar-refractivity contribution in [2.24, 2.45) is 0 Å². The van der Waals surface area contributed by atoms with E-state index in [1.165, 1.54) is 19.1 Å². The summed E-state index contributed by atoms with van der Waals surface area (Å²) in [5, 5.41) is 2.37. The molecule has 0 aliphatic heterocycles. The third-order valence-corrected chi connectivity index (χ3v) is 4.42. The van der Waals surface area contributed by atoms with Crippen molar-refractivity contribution >= 4 is 48.8 Å². The van der Waals surface area contributed by atoms with E-state index in [1.807, 2.05) is 0 Å². The quantitative estimate of drug-likeness (QED) is 0.615. The lowest BCUT2D eigenvalue weighted by Gasteiger charge is -2.16. The first-order chi connectivity index (χ1) is 9.66. The Morgan fingerprint density at radius 1 is 1.43 bits per heavy atom. The average molecular weight is 373 g/mol. The zero-order valence-corrected chi connectivity index (χ0v) is 14.0. The van der Waals surface area contributed by atoms with Crippen LogP contribution in [-0.4, -0.2) is 27.0 Å². The zero-order valence-electron chi connectivity index (χ0n) is 10.9. The van der Waals surface area contributed by atoms with Gasteiger partial charge in [0.2, 0.25) is 0 Å². The average Bonchev–Trinajstić information content (AvgIpc) is 2.38. The highest BCUT2D eigenvalue weighted by Gasteiger charge is 2.21. The molecule has 0 bridgehead atoms. The largest absolute Gasteiger partial charge is 0.479 e. The third-order valence-electron chi connectivity index (χ3n) is 2.34. The molecule has 9 heteroatoms. The summed E-state index contributed by atoms with van der Waals surface area (Å²) in [5.74, 6) is -0.303. The number of amides is 1. The Balaban J connectivity index is 2.98. The van der Waals surface area contributed by atoms with Gasteiger partial charge in [-0.2, -0.15) is 0 Å². The predicted molar refractivity (Wildman–Crippen MR) is 82.8 cm³/mol. The van der Waals surface area contributed by atoms with Crippen LogP contribution < -0.4 is 10.1 Å². The van der Waals surface area contributed by atoms with Gasteiger partial charge in [-0.25, -0.2) is 8.42 Å². The number of nitrogens with one attached hydrogen (secondary N) is 1. The first-order valence-electron chi connectivity index (χ1n) is 5.65. The molecule has 0 spiro atoms. The monoisotopic (exact) mass is 371 g/mol. The molecule has 1 atom stereocenters. The van der Waals surface area contributed by atoms with Gasteiger partial charge in [0.1, 0.15) is 10.6 Å². The molecular weight excluding hydrogens is 361 g/mol. The second kappa shape index (κ2) is 7.35. The summed E-state index contributed by atoms with van der Waals surface area (Å²) >= 11 is 11.7. The lowest BCUT2D eigenvalue weighted by molar-refractivity contribution is -0.127. The van der Waals surface area contributed by atoms with E-state index in [-0.39, 0.29) is 26.6 Å². The summed E-state index contributed by atoms with van der Waals surface area (Å²) in [6.07, 6.45) is 0.672. The maximum atomic E-state index is 11.7. The van der Waals surface area contributed by atoms with Gasteiger partial charge in [-0.05, 0) is 13.0 Å². The lowest BCUT2D eigenvalue weighted by Crippen LogP contribution is -2.36. The highest BCUT2D eigenvalue weighted by molar-refractivity contribution is 8.13. The summed E-state index contributed by atoms with van der Waals surface area (Å²) in [4.78, 5) is 11.3. The van der Waals surface area contributed by atoms with Crippen LogP contribution in [0.25, 0.3) is 0 Å². The third kappa shape index (κ3) is 5.07. The van der Waals surface area contributed by atoms with Crippen molar-refractivity contribution in [2.75, 3.05) is 6.54 Å². The Morgan fingerprint density at radius 3 is 2.57 bits per heavy atom. The number of benzene rings is 1. The SMILES string of the molecule is C=CCNC(=O)C(C)Oc1cc(Cl)c(S(=O)(=O)Cl)cc1Cl. The minimum Gasteiger partial charge on any atom is -0.479 e. The summed E-state index contributed by atoms with van der Waals surface area (Å²) < 4.78 is 27.9. The van der Waals surface area contributed by atoms with Crippen molar-refractivity contribution in [3.63, 3.8) is 0 Å². The summed E-state index contributed by atoms with van der Waals surface area (Å²) in [5.41, 5.74) is 0. The smallest absolute Gasteiger partial charge is 0.262 e. The van der Waals surface area contributed by atoms with Crippen molar-refractivity contribution in [3.8, 4) is 5.75 Å². The molecule has 0 saturated carbocycles. The summed E-state index contributed by atoms with van der Waals surface area (Å²) in [7, 11) is 1.20. The Hall–Kier alpha value is -0.950. The van der Waals surface area contributed by atoms with Crippen LogP contribution in [0, 0.1) is 0 Å². The molecule has 0 fully saturated rings. The van der Waals surface area contributed by atoms with Crippen LogP contribution in [0.3, 0.4) is 0 Å². The molecular formula is C12H12Cl3NO4S. The van der Waals surface area contributed by atoms with Crippen molar-refractivity contribution in [1.82, 2.24) is 5.32 Å². The number of hydrogen-bond acceptors (Lipinski definition) is 4. The van der Waals surface area contributed by atoms with E-state index in [0.717, 1.165) is 6.07 Å². The molecule has 0 radical (unpaired) electrons. The lowest BCUT2D eigenvalue weighted by atomic mass is 10.3. The molecule has 1 N–H and O–H groups in total. The van der Waals surface area contributed by atoms with Crippen LogP contribution >= 0.6 is 33.9 Å². The molecule has 0 aliphatic rings. The van der Waals surface area contributed by atoms with Crippen LogP contribution in [-0.2, 0) is 13.8 Å². The van der Waals surface area contributed by atoms with Crippen LogP contribution in [0.2, 0.25) is 10.0 Å². The van der Waals surface area contributed by atoms with Gasteiger partial charge in [0, 0.05) is 23.3 Å². The van der Waals surface area contributed by atoms with E-state index >= 15 is 0 Å². The van der Waals surface area contributed by atoms with Gasteiger partial charge in [-0.3, -0.25) is 4.79 Å². The normalized spacial score (nSPS) is 12.6. The minimum absolute atomic E-state index is 0.0259. The van der Waals surface area contributed by atoms with Gasteiger partial charge in [-0.15, -0.1) is 6.58 Å². The Morgan fingerprint density at radius 2 is 2.05 bits per heavy atom. The van der Waals surface area contributed by atoms with Gasteiger partial charge in [0.15, 0.2) is 6.10 Å². The van der Waals surface area contributed by atoms with E-state index < -0.39 is 15.2 Å². The molecule has 116 valence electrons. The van der Waals surface area contributed by atoms with E-state index in [4.69, 9.17) is 38.6 Å². The van der Waals surface area contributed by atoms with E-state index in [0.29, 0.717) is 6.54 Å². The molecule has 1 aromatic carbocycles. The molecule has 0 saturated heterocycles. The molecule has 0 aromatic heterocycles. The number of hydrogen-bond donors (Lipinski definition) is 1. The number of halogens is 3. The maximum absolute atomic E-state index is 11.7. The molecule has 0 aliphatic carbocycles. The van der Waals surface area contributed by atoms with E-state index in [1.54, 1.807) is 0 Å². The fourth-order valence-electron chi connectivity index (χ4n) is 1.35. The van der Waals surface area contributed by atoms with Crippen molar-refractivity contribution in [3.05, 3.63) is 34.8 Å². The molecule has 21 heavy (non-hydrogen) atoms. The van der Waals surface area contributed by atoms with E-state index in [2.05, 4.69) is 11.9 Å². The summed E-state index contributed by atoms with van der Waals surface area (Å²) in [6.45, 7) is 5.28. The van der Waals surface area contributed by atoms with Gasteiger partial charge in [-0.1, -0.05) is 29.3 Å². The number of carbonyl (C=O) groups is 1. The fraction of sp³-hybridized carbons (Fsp3) is 0.250. The van der Waals surface area contributed by atoms with Gasteiger partial charge in [0.25, 0.3) is 15.0 Å². The van der Waals surface area contributed by atoms with Crippen LogP contribution in [0.15, 0.2) is 29.7 Å². The Kier molecular flexibility index (Phi) is 6.34. The molecule has 5 nitrogen and oxygen atoms in total. The second-order valence-electron chi connectivity index (χ2n) is 3.94. The van der Waals surface area contributed by atoms with Crippen molar-refractivity contribution in [2.45, 2.75) is 17.9 Å².